The van der Waals surface area contributed by atoms with Crippen LogP contribution in [0.15, 0.2) is 35.0 Å². The smallest absolute Gasteiger partial charge is 0.306 e. The summed E-state index contributed by atoms with van der Waals surface area (Å²) < 4.78 is 8.52. The lowest BCUT2D eigenvalue weighted by Crippen LogP contribution is -2.62. The molecule has 4 heteroatoms. The number of nitrogens with zero attached hydrogens (tertiary/aromatic N) is 3. The van der Waals surface area contributed by atoms with E-state index in [1.807, 2.05) is 12.4 Å². The Bertz CT molecular complexity index is 1050. The first-order valence-electron chi connectivity index (χ1n) is 9.49. The van der Waals surface area contributed by atoms with Crippen molar-refractivity contribution in [2.45, 2.75) is 65.5 Å². The van der Waals surface area contributed by atoms with Gasteiger partial charge in [-0.25, -0.2) is 4.98 Å². The second-order valence-electron chi connectivity index (χ2n) is 9.24. The van der Waals surface area contributed by atoms with Crippen LogP contribution in [0.25, 0.3) is 5.84 Å². The van der Waals surface area contributed by atoms with Crippen molar-refractivity contribution in [2.75, 3.05) is 4.90 Å². The highest BCUT2D eigenvalue weighted by atomic mass is 16.4. The maximum absolute atomic E-state index is 6.39. The van der Waals surface area contributed by atoms with Crippen molar-refractivity contribution in [1.29, 1.82) is 0 Å². The summed E-state index contributed by atoms with van der Waals surface area (Å²) in [5.41, 5.74) is 5.07. The number of para-hydroxylation sites is 1. The highest BCUT2D eigenvalue weighted by Gasteiger charge is 2.66. The zero-order valence-corrected chi connectivity index (χ0v) is 16.7. The molecule has 4 heterocycles. The van der Waals surface area contributed by atoms with Gasteiger partial charge in [0.05, 0.1) is 11.7 Å². The number of rotatable bonds is 0. The van der Waals surface area contributed by atoms with E-state index in [1.54, 1.807) is 0 Å². The Balaban J connectivity index is 1.94. The Morgan fingerprint density at radius 3 is 2.58 bits per heavy atom. The van der Waals surface area contributed by atoms with Crippen LogP contribution in [0.2, 0.25) is 0 Å². The molecule has 2 unspecified atom stereocenters. The second-order valence-corrected chi connectivity index (χ2v) is 9.24. The number of fused-ring (bicyclic) bond motifs is 7. The number of imidazole rings is 1. The highest BCUT2D eigenvalue weighted by molar-refractivity contribution is 5.71. The maximum Gasteiger partial charge on any atom is 0.306 e. The third-order valence-corrected chi connectivity index (χ3v) is 7.93. The van der Waals surface area contributed by atoms with Gasteiger partial charge in [-0.1, -0.05) is 45.9 Å². The van der Waals surface area contributed by atoms with Gasteiger partial charge in [0.25, 0.3) is 0 Å². The van der Waals surface area contributed by atoms with Gasteiger partial charge in [0.15, 0.2) is 5.76 Å². The second kappa shape index (κ2) is 4.36. The summed E-state index contributed by atoms with van der Waals surface area (Å²) in [4.78, 5) is 7.02. The molecule has 2 aromatic heterocycles. The molecule has 0 amide bonds. The third-order valence-electron chi connectivity index (χ3n) is 7.93. The fourth-order valence-electron chi connectivity index (χ4n) is 5.59. The average molecular weight is 349 g/mol. The molecule has 0 fully saturated rings. The van der Waals surface area contributed by atoms with Gasteiger partial charge in [0, 0.05) is 23.5 Å². The summed E-state index contributed by atoms with van der Waals surface area (Å²) >= 11 is 0. The van der Waals surface area contributed by atoms with Crippen molar-refractivity contribution in [3.8, 4) is 0 Å². The molecule has 5 rings (SSSR count). The van der Waals surface area contributed by atoms with Crippen molar-refractivity contribution in [3.63, 3.8) is 0 Å². The van der Waals surface area contributed by atoms with Crippen molar-refractivity contribution in [1.82, 2.24) is 9.38 Å². The lowest BCUT2D eigenvalue weighted by molar-refractivity contribution is 0.0518. The molecule has 4 nitrogen and oxygen atoms in total. The Morgan fingerprint density at radius 1 is 1.12 bits per heavy atom. The minimum atomic E-state index is -0.245. The lowest BCUT2D eigenvalue weighted by Gasteiger charge is -2.61. The van der Waals surface area contributed by atoms with Gasteiger partial charge in [-0.3, -0.25) is 4.40 Å². The first-order valence-corrected chi connectivity index (χ1v) is 9.49. The van der Waals surface area contributed by atoms with E-state index in [1.165, 1.54) is 22.5 Å². The predicted molar refractivity (Wildman–Crippen MR) is 104 cm³/mol. The van der Waals surface area contributed by atoms with Crippen molar-refractivity contribution < 1.29 is 4.42 Å². The standard InChI is InChI=1S/C22H27N3O/c1-13-9-8-10-15-16(13)25-14(2)17-18(26-19-23-11-12-24(17)19)22(25,7)21(5,6)20(15,3)4/h8-12,14H,1-7H3. The van der Waals surface area contributed by atoms with Crippen molar-refractivity contribution >= 4 is 11.5 Å². The summed E-state index contributed by atoms with van der Waals surface area (Å²) in [7, 11) is 0. The van der Waals surface area contributed by atoms with Crippen molar-refractivity contribution in [3.05, 3.63) is 53.2 Å². The number of oxazole rings is 1. The van der Waals surface area contributed by atoms with E-state index in [0.29, 0.717) is 5.84 Å². The SMILES string of the molecule is Cc1cccc2c1N1C(C)c3c(oc4nccn34)C1(C)C(C)(C)C2(C)C. The Labute approximate surface area is 154 Å². The van der Waals surface area contributed by atoms with Gasteiger partial charge >= 0.3 is 5.84 Å². The minimum absolute atomic E-state index is 0.00415. The normalized spacial score (nSPS) is 28.1. The molecule has 0 saturated carbocycles. The first-order chi connectivity index (χ1) is 12.1. The first kappa shape index (κ1) is 16.0. The van der Waals surface area contributed by atoms with E-state index in [9.17, 15) is 0 Å². The van der Waals surface area contributed by atoms with Gasteiger partial charge in [0.1, 0.15) is 5.54 Å². The number of aryl methyl sites for hydroxylation is 1. The maximum atomic E-state index is 6.39. The number of hydrogen-bond acceptors (Lipinski definition) is 3. The van der Waals surface area contributed by atoms with Gasteiger partial charge in [-0.05, 0) is 37.3 Å². The largest absolute Gasteiger partial charge is 0.425 e. The van der Waals surface area contributed by atoms with Crippen LogP contribution in [0, 0.1) is 12.3 Å². The fourth-order valence-corrected chi connectivity index (χ4v) is 5.59. The topological polar surface area (TPSA) is 33.7 Å². The van der Waals surface area contributed by atoms with Crippen LogP contribution in [0.4, 0.5) is 5.69 Å². The molecule has 26 heavy (non-hydrogen) atoms. The van der Waals surface area contributed by atoms with E-state index in [4.69, 9.17) is 4.42 Å². The number of benzene rings is 1. The molecular weight excluding hydrogens is 322 g/mol. The van der Waals surface area contributed by atoms with E-state index in [0.717, 1.165) is 5.76 Å². The summed E-state index contributed by atoms with van der Waals surface area (Å²) in [6.45, 7) is 16.4. The van der Waals surface area contributed by atoms with Crippen LogP contribution in [-0.2, 0) is 11.0 Å². The molecule has 0 radical (unpaired) electrons. The van der Waals surface area contributed by atoms with Crippen LogP contribution in [0.1, 0.15) is 70.2 Å². The van der Waals surface area contributed by atoms with Gasteiger partial charge in [-0.2, -0.15) is 0 Å². The lowest BCUT2D eigenvalue weighted by atomic mass is 9.52. The zero-order valence-electron chi connectivity index (χ0n) is 16.7. The monoisotopic (exact) mass is 349 g/mol. The summed E-state index contributed by atoms with van der Waals surface area (Å²) in [5, 5.41) is 0. The predicted octanol–water partition coefficient (Wildman–Crippen LogP) is 5.35. The number of aromatic nitrogens is 2. The quantitative estimate of drug-likeness (QED) is 0.548. The molecule has 1 aromatic carbocycles. The molecule has 3 aromatic rings. The average Bonchev–Trinajstić information content (AvgIpc) is 3.19. The van der Waals surface area contributed by atoms with E-state index in [-0.39, 0.29) is 22.4 Å². The molecule has 2 atom stereocenters. The van der Waals surface area contributed by atoms with Gasteiger partial charge in [0.2, 0.25) is 0 Å². The molecule has 0 aliphatic carbocycles. The number of hydrogen-bond donors (Lipinski definition) is 0. The van der Waals surface area contributed by atoms with Gasteiger partial charge in [-0.15, -0.1) is 0 Å². The minimum Gasteiger partial charge on any atom is -0.425 e. The third kappa shape index (κ3) is 1.40. The highest BCUT2D eigenvalue weighted by Crippen LogP contribution is 2.67. The number of anilines is 1. The summed E-state index contributed by atoms with van der Waals surface area (Å²) in [6.07, 6.45) is 3.84. The van der Waals surface area contributed by atoms with Gasteiger partial charge < -0.3 is 9.32 Å². The van der Waals surface area contributed by atoms with Crippen molar-refractivity contribution in [2.24, 2.45) is 5.41 Å². The molecule has 0 spiro atoms. The zero-order chi connectivity index (χ0) is 18.6. The van der Waals surface area contributed by atoms with Crippen LogP contribution in [-0.4, -0.2) is 9.38 Å². The van der Waals surface area contributed by atoms with E-state index >= 15 is 0 Å². The van der Waals surface area contributed by atoms with Crippen LogP contribution >= 0.6 is 0 Å². The Kier molecular flexibility index (Phi) is 2.68. The van der Waals surface area contributed by atoms with E-state index < -0.39 is 0 Å². The molecule has 0 N–H and O–H groups in total. The molecule has 2 aliphatic heterocycles. The molecular formula is C22H27N3O. The van der Waals surface area contributed by atoms with E-state index in [2.05, 4.69) is 80.9 Å². The molecule has 0 saturated heterocycles. The Hall–Kier alpha value is -2.23. The molecule has 136 valence electrons. The summed E-state index contributed by atoms with van der Waals surface area (Å²) in [5.74, 6) is 1.77. The van der Waals surface area contributed by atoms with Crippen LogP contribution in [0.5, 0.6) is 0 Å². The summed E-state index contributed by atoms with van der Waals surface area (Å²) in [6, 6.07) is 6.96. The molecule has 0 bridgehead atoms. The Morgan fingerprint density at radius 2 is 1.85 bits per heavy atom. The van der Waals surface area contributed by atoms with Crippen LogP contribution in [0.3, 0.4) is 0 Å². The molecule has 2 aliphatic rings. The fraction of sp³-hybridized carbons (Fsp3) is 0.500. The van der Waals surface area contributed by atoms with Crippen LogP contribution < -0.4 is 4.90 Å².